The van der Waals surface area contributed by atoms with Crippen LogP contribution < -0.4 is 0 Å². The van der Waals surface area contributed by atoms with E-state index in [1.807, 2.05) is 0 Å². The van der Waals surface area contributed by atoms with E-state index in [-0.39, 0.29) is 111 Å². The molecule has 0 saturated heterocycles. The van der Waals surface area contributed by atoms with Gasteiger partial charge in [-0.1, -0.05) is 0 Å². The molecule has 0 saturated carbocycles. The maximum absolute atomic E-state index is 0. The van der Waals surface area contributed by atoms with E-state index in [0.29, 0.717) is 0 Å². The second-order valence-electron chi connectivity index (χ2n) is 0. The van der Waals surface area contributed by atoms with E-state index >= 15 is 0 Å². The van der Waals surface area contributed by atoms with Crippen LogP contribution in [0.2, 0.25) is 0 Å². The molecule has 0 aromatic heterocycles. The molecule has 0 atom stereocenters. The fourth-order valence-corrected chi connectivity index (χ4v) is 0. The fourth-order valence-electron chi connectivity index (χ4n) is 0. The van der Waals surface area contributed by atoms with E-state index in [1.54, 1.807) is 0 Å². The molecule has 0 bridgehead atoms. The van der Waals surface area contributed by atoms with Gasteiger partial charge in [-0.05, 0) is 0 Å². The molecule has 0 aromatic rings. The van der Waals surface area contributed by atoms with Gasteiger partial charge in [-0.2, -0.15) is 0 Å². The predicted molar refractivity (Wildman–Crippen MR) is 38.4 cm³/mol. The van der Waals surface area contributed by atoms with Gasteiger partial charge in [0.15, 0.2) is 52.1 Å². The second-order valence-corrected chi connectivity index (χ2v) is 0. The molecule has 0 aliphatic heterocycles. The quantitative estimate of drug-likeness (QED) is 0.383. The molecule has 0 rings (SSSR count). The van der Waals surface area contributed by atoms with Crippen molar-refractivity contribution in [3.8, 4) is 0 Å². The Balaban J connectivity index is 0. The first-order chi connectivity index (χ1) is 0. The van der Waals surface area contributed by atoms with Crippen LogP contribution in [-0.4, -0.2) is 75.1 Å². The predicted octanol–water partition coefficient (Wildman–Crippen LogP) is -4.47. The van der Waals surface area contributed by atoms with E-state index in [4.69, 9.17) is 0 Å². The Morgan fingerprint density at radius 2 is 0.600 bits per heavy atom. The van der Waals surface area contributed by atoms with Crippen molar-refractivity contribution >= 4 is 75.1 Å². The van der Waals surface area contributed by atoms with Gasteiger partial charge in [0, 0.05) is 35.6 Å². The van der Waals surface area contributed by atoms with Crippen LogP contribution >= 0.6 is 0 Å². The van der Waals surface area contributed by atoms with Crippen molar-refractivity contribution in [1.29, 1.82) is 0 Å². The number of hydrogen-bond donors (Lipinski definition) is 0. The Morgan fingerprint density at radius 3 is 0.600 bits per heavy atom. The smallest absolute Gasteiger partial charge is 0 e. The van der Waals surface area contributed by atoms with Crippen LogP contribution in [0.4, 0.5) is 0 Å². The number of rotatable bonds is 0. The monoisotopic (exact) mass is 255 g/mol. The third-order valence-electron chi connectivity index (χ3n) is 0. The maximum atomic E-state index is 0. The average Bonchev–Trinajstić information content (AvgIpc) is 0. The first-order valence-electron chi connectivity index (χ1n) is 0. The first kappa shape index (κ1) is 38.6. The Kier molecular flexibility index (Phi) is 198. The van der Waals surface area contributed by atoms with Gasteiger partial charge in [-0.15, -0.1) is 0 Å². The minimum absolute atomic E-state index is 0. The third kappa shape index (κ3) is 18.4. The molecular weight excluding hydrogens is 244 g/mol. The van der Waals surface area contributed by atoms with Crippen LogP contribution in [0.15, 0.2) is 0 Å². The van der Waals surface area contributed by atoms with E-state index in [1.165, 1.54) is 0 Å². The summed E-state index contributed by atoms with van der Waals surface area (Å²) >= 11 is 0. The van der Waals surface area contributed by atoms with Crippen molar-refractivity contribution in [3.63, 3.8) is 0 Å². The van der Waals surface area contributed by atoms with Crippen molar-refractivity contribution in [2.45, 2.75) is 0 Å². The van der Waals surface area contributed by atoms with Crippen LogP contribution in [0.3, 0.4) is 0 Å². The topological polar surface area (TPSA) is 0 Å². The summed E-state index contributed by atoms with van der Waals surface area (Å²) in [6.45, 7) is 0. The Bertz CT molecular complexity index is 6.85. The normalized spacial score (nSPS) is 0. The average molecular weight is 255 g/mol. The van der Waals surface area contributed by atoms with Crippen LogP contribution in [0.1, 0.15) is 0 Å². The molecule has 5 heteroatoms. The molecular formula is H11Al3LaMg. The zero-order valence-electron chi connectivity index (χ0n) is 0.577. The van der Waals surface area contributed by atoms with Crippen LogP contribution in [0.5, 0.6) is 0 Å². The molecule has 0 amide bonds. The van der Waals surface area contributed by atoms with Crippen LogP contribution in [0.25, 0.3) is 0 Å². The molecule has 0 unspecified atom stereocenters. The van der Waals surface area contributed by atoms with Crippen molar-refractivity contribution in [2.24, 2.45) is 0 Å². The van der Waals surface area contributed by atoms with Crippen molar-refractivity contribution in [1.82, 2.24) is 0 Å². The summed E-state index contributed by atoms with van der Waals surface area (Å²) in [5.74, 6) is 0. The first-order valence-corrected chi connectivity index (χ1v) is 0. The van der Waals surface area contributed by atoms with Crippen molar-refractivity contribution in [2.75, 3.05) is 0 Å². The molecule has 0 heterocycles. The zero-order chi connectivity index (χ0) is 0. The van der Waals surface area contributed by atoms with Gasteiger partial charge in [0.2, 0.25) is 0 Å². The molecule has 0 N–H and O–H groups in total. The molecule has 0 aromatic carbocycles. The van der Waals surface area contributed by atoms with Crippen molar-refractivity contribution in [3.05, 3.63) is 0 Å². The summed E-state index contributed by atoms with van der Waals surface area (Å²) < 4.78 is 0. The van der Waals surface area contributed by atoms with Gasteiger partial charge < -0.3 is 0 Å². The van der Waals surface area contributed by atoms with Crippen molar-refractivity contribution < 1.29 is 35.6 Å². The Morgan fingerprint density at radius 1 is 0.600 bits per heavy atom. The molecule has 0 spiro atoms. The molecule has 0 aliphatic rings. The number of hydrogen-bond acceptors (Lipinski definition) is 0. The minimum Gasteiger partial charge on any atom is 0 e. The SMILES string of the molecule is [AlH3].[AlH3].[AlH3].[La].[MgH2]. The van der Waals surface area contributed by atoms with Gasteiger partial charge >= 0.3 is 23.1 Å². The summed E-state index contributed by atoms with van der Waals surface area (Å²) in [6, 6.07) is 0. The Hall–Kier alpha value is 3.56. The molecule has 1 radical (unpaired) electrons. The standard InChI is InChI=1S/3Al.La.Mg.11H. The molecule has 0 nitrogen and oxygen atoms in total. The zero-order valence-corrected chi connectivity index (χ0v) is 4.20. The van der Waals surface area contributed by atoms with E-state index in [0.717, 1.165) is 0 Å². The van der Waals surface area contributed by atoms with E-state index < -0.39 is 0 Å². The third-order valence-corrected chi connectivity index (χ3v) is 0. The summed E-state index contributed by atoms with van der Waals surface area (Å²) in [5, 5.41) is 0. The van der Waals surface area contributed by atoms with Gasteiger partial charge in [0.25, 0.3) is 0 Å². The van der Waals surface area contributed by atoms with E-state index in [2.05, 4.69) is 0 Å². The van der Waals surface area contributed by atoms with Gasteiger partial charge in [-0.3, -0.25) is 0 Å². The Labute approximate surface area is 108 Å². The van der Waals surface area contributed by atoms with E-state index in [9.17, 15) is 0 Å². The van der Waals surface area contributed by atoms with Gasteiger partial charge in [-0.25, -0.2) is 0 Å². The van der Waals surface area contributed by atoms with Crippen LogP contribution in [-0.2, 0) is 0 Å². The maximum Gasteiger partial charge on any atom is 0.316 e. The summed E-state index contributed by atoms with van der Waals surface area (Å²) in [4.78, 5) is 0. The van der Waals surface area contributed by atoms with Gasteiger partial charge in [0.1, 0.15) is 0 Å². The molecule has 0 aliphatic carbocycles. The largest absolute Gasteiger partial charge is 0.316 e. The molecule has 25 valence electrons. The van der Waals surface area contributed by atoms with Gasteiger partial charge in [0.05, 0.1) is 0 Å². The second kappa shape index (κ2) is 25.7. The minimum atomic E-state index is 0. The molecule has 5 heavy (non-hydrogen) atoms. The molecule has 0 fully saturated rings. The summed E-state index contributed by atoms with van der Waals surface area (Å²) in [7, 11) is 0. The summed E-state index contributed by atoms with van der Waals surface area (Å²) in [5.41, 5.74) is 0. The fraction of sp³-hybridized carbons (Fsp3) is 0. The van der Waals surface area contributed by atoms with Crippen LogP contribution in [0, 0.1) is 35.6 Å². The summed E-state index contributed by atoms with van der Waals surface area (Å²) in [6.07, 6.45) is 0.